The molecule has 0 aliphatic rings. The van der Waals surface area contributed by atoms with E-state index in [0.717, 1.165) is 11.3 Å². The molecule has 0 aliphatic carbocycles. The first-order valence-electron chi connectivity index (χ1n) is 8.91. The van der Waals surface area contributed by atoms with Crippen molar-refractivity contribution in [1.29, 1.82) is 0 Å². The summed E-state index contributed by atoms with van der Waals surface area (Å²) in [5.41, 5.74) is 2.16. The van der Waals surface area contributed by atoms with Crippen molar-refractivity contribution >= 4 is 15.7 Å². The van der Waals surface area contributed by atoms with E-state index in [9.17, 15) is 8.42 Å². The van der Waals surface area contributed by atoms with Gasteiger partial charge in [-0.3, -0.25) is 0 Å². The summed E-state index contributed by atoms with van der Waals surface area (Å²) in [6.07, 6.45) is 0. The molecule has 2 aromatic rings. The number of likely N-dealkylation sites (N-methyl/N-ethyl adjacent to an activating group) is 1. The van der Waals surface area contributed by atoms with Gasteiger partial charge < -0.3 is 14.5 Å². The fourth-order valence-electron chi connectivity index (χ4n) is 2.75. The average Bonchev–Trinajstić information content (AvgIpc) is 2.62. The van der Waals surface area contributed by atoms with Crippen molar-refractivity contribution in [3.05, 3.63) is 54.1 Å². The Balaban J connectivity index is 2.12. The maximum atomic E-state index is 12.6. The monoisotopic (exact) mass is 391 g/mol. The molecule has 6 nitrogen and oxygen atoms in total. The number of rotatable bonds is 9. The second kappa shape index (κ2) is 9.21. The van der Waals surface area contributed by atoms with Crippen LogP contribution < -0.4 is 14.4 Å². The minimum Gasteiger partial charge on any atom is -0.494 e. The van der Waals surface area contributed by atoms with Crippen LogP contribution in [0, 0.1) is 0 Å². The Hall–Kier alpha value is -2.09. The minimum absolute atomic E-state index is 0.0707. The number of nitrogens with one attached hydrogen (secondary N) is 1. The van der Waals surface area contributed by atoms with E-state index < -0.39 is 10.0 Å². The van der Waals surface area contributed by atoms with Crippen LogP contribution in [0.25, 0.3) is 0 Å². The highest BCUT2D eigenvalue weighted by molar-refractivity contribution is 7.89. The molecule has 0 radical (unpaired) electrons. The smallest absolute Gasteiger partial charge is 0.240 e. The molecule has 0 saturated heterocycles. The van der Waals surface area contributed by atoms with Gasteiger partial charge in [-0.2, -0.15) is 0 Å². The van der Waals surface area contributed by atoms with Gasteiger partial charge in [-0.1, -0.05) is 12.1 Å². The first kappa shape index (κ1) is 21.2. The van der Waals surface area contributed by atoms with Crippen LogP contribution in [-0.4, -0.2) is 54.7 Å². The molecule has 0 saturated carbocycles. The molecular formula is C20H29N3O3S. The molecule has 0 bridgehead atoms. The van der Waals surface area contributed by atoms with Gasteiger partial charge in [0.1, 0.15) is 5.75 Å². The summed E-state index contributed by atoms with van der Waals surface area (Å²) in [5.74, 6) is 0.656. The van der Waals surface area contributed by atoms with Crippen molar-refractivity contribution in [3.8, 4) is 5.75 Å². The summed E-state index contributed by atoms with van der Waals surface area (Å²) < 4.78 is 33.3. The zero-order valence-corrected chi connectivity index (χ0v) is 17.5. The highest BCUT2D eigenvalue weighted by Crippen LogP contribution is 2.22. The summed E-state index contributed by atoms with van der Waals surface area (Å²) in [6, 6.07) is 14.5. The van der Waals surface area contributed by atoms with Gasteiger partial charge in [0.2, 0.25) is 10.0 Å². The quantitative estimate of drug-likeness (QED) is 0.712. The third-order valence-electron chi connectivity index (χ3n) is 4.33. The molecule has 0 heterocycles. The average molecular weight is 392 g/mol. The highest BCUT2D eigenvalue weighted by Gasteiger charge is 2.20. The topological polar surface area (TPSA) is 61.9 Å². The summed E-state index contributed by atoms with van der Waals surface area (Å²) in [4.78, 5) is 4.26. The standard InChI is InChI=1S/C20H29N3O3S/c1-6-26-18-11-13-19(14-12-18)27(24,25)21-15-20(23(4)5)16-7-9-17(10-8-16)22(2)3/h7-14,20-21H,6,15H2,1-5H3/t20-/m1/s1. The SMILES string of the molecule is CCOc1ccc(S(=O)(=O)NC[C@H](c2ccc(N(C)C)cc2)N(C)C)cc1. The summed E-state index contributed by atoms with van der Waals surface area (Å²) in [5, 5.41) is 0. The number of nitrogens with zero attached hydrogens (tertiary/aromatic N) is 2. The van der Waals surface area contributed by atoms with E-state index in [0.29, 0.717) is 12.4 Å². The van der Waals surface area contributed by atoms with Crippen LogP contribution in [0.15, 0.2) is 53.4 Å². The van der Waals surface area contributed by atoms with Crippen LogP contribution in [-0.2, 0) is 10.0 Å². The minimum atomic E-state index is -3.59. The fraction of sp³-hybridized carbons (Fsp3) is 0.400. The van der Waals surface area contributed by atoms with Gasteiger partial charge in [0.25, 0.3) is 0 Å². The maximum absolute atomic E-state index is 12.6. The number of benzene rings is 2. The van der Waals surface area contributed by atoms with Crippen LogP contribution in [0.2, 0.25) is 0 Å². The Kier molecular flexibility index (Phi) is 7.24. The molecule has 148 valence electrons. The highest BCUT2D eigenvalue weighted by atomic mass is 32.2. The molecule has 27 heavy (non-hydrogen) atoms. The van der Waals surface area contributed by atoms with E-state index in [4.69, 9.17) is 4.74 Å². The number of sulfonamides is 1. The second-order valence-electron chi connectivity index (χ2n) is 6.72. The Morgan fingerprint density at radius 3 is 2.04 bits per heavy atom. The van der Waals surface area contributed by atoms with Crippen molar-refractivity contribution < 1.29 is 13.2 Å². The van der Waals surface area contributed by atoms with Gasteiger partial charge in [-0.15, -0.1) is 0 Å². The van der Waals surface area contributed by atoms with Crippen molar-refractivity contribution in [2.24, 2.45) is 0 Å². The van der Waals surface area contributed by atoms with Gasteiger partial charge in [0, 0.05) is 32.4 Å². The Morgan fingerprint density at radius 1 is 0.963 bits per heavy atom. The molecule has 0 unspecified atom stereocenters. The largest absolute Gasteiger partial charge is 0.494 e. The van der Waals surface area contributed by atoms with Crippen LogP contribution in [0.1, 0.15) is 18.5 Å². The van der Waals surface area contributed by atoms with Crippen LogP contribution in [0.4, 0.5) is 5.69 Å². The van der Waals surface area contributed by atoms with E-state index in [1.807, 2.05) is 69.2 Å². The Labute approximate surface area is 162 Å². The molecule has 0 aliphatic heterocycles. The fourth-order valence-corrected chi connectivity index (χ4v) is 3.79. The van der Waals surface area contributed by atoms with Gasteiger partial charge in [-0.05, 0) is 63.0 Å². The zero-order valence-electron chi connectivity index (χ0n) is 16.6. The molecule has 0 aromatic heterocycles. The molecule has 0 spiro atoms. The van der Waals surface area contributed by atoms with Crippen molar-refractivity contribution in [2.45, 2.75) is 17.9 Å². The summed E-state index contributed by atoms with van der Waals surface area (Å²) in [6.45, 7) is 2.71. The van der Waals surface area contributed by atoms with E-state index >= 15 is 0 Å². The van der Waals surface area contributed by atoms with Gasteiger partial charge in [0.15, 0.2) is 0 Å². The first-order chi connectivity index (χ1) is 12.7. The molecule has 2 aromatic carbocycles. The van der Waals surface area contributed by atoms with Crippen molar-refractivity contribution in [2.75, 3.05) is 46.2 Å². The lowest BCUT2D eigenvalue weighted by atomic mass is 10.1. The van der Waals surface area contributed by atoms with Gasteiger partial charge in [-0.25, -0.2) is 13.1 Å². The Morgan fingerprint density at radius 2 is 1.56 bits per heavy atom. The number of ether oxygens (including phenoxy) is 1. The van der Waals surface area contributed by atoms with E-state index in [-0.39, 0.29) is 17.5 Å². The normalized spacial score (nSPS) is 12.8. The van der Waals surface area contributed by atoms with Crippen molar-refractivity contribution in [1.82, 2.24) is 9.62 Å². The second-order valence-corrected chi connectivity index (χ2v) is 8.49. The van der Waals surface area contributed by atoms with Crippen LogP contribution in [0.3, 0.4) is 0 Å². The molecular weight excluding hydrogens is 362 g/mol. The lowest BCUT2D eigenvalue weighted by molar-refractivity contribution is 0.299. The predicted molar refractivity (Wildman–Crippen MR) is 110 cm³/mol. The maximum Gasteiger partial charge on any atom is 0.240 e. The summed E-state index contributed by atoms with van der Waals surface area (Å²) in [7, 11) is 4.27. The van der Waals surface area contributed by atoms with E-state index in [1.54, 1.807) is 24.3 Å². The lowest BCUT2D eigenvalue weighted by Crippen LogP contribution is -2.34. The van der Waals surface area contributed by atoms with Crippen molar-refractivity contribution in [3.63, 3.8) is 0 Å². The van der Waals surface area contributed by atoms with E-state index in [1.165, 1.54) is 0 Å². The van der Waals surface area contributed by atoms with E-state index in [2.05, 4.69) is 4.72 Å². The van der Waals surface area contributed by atoms with Gasteiger partial charge in [0.05, 0.1) is 11.5 Å². The van der Waals surface area contributed by atoms with Crippen LogP contribution >= 0.6 is 0 Å². The molecule has 0 amide bonds. The lowest BCUT2D eigenvalue weighted by Gasteiger charge is -2.25. The third kappa shape index (κ3) is 5.69. The summed E-state index contributed by atoms with van der Waals surface area (Å²) >= 11 is 0. The molecule has 1 atom stereocenters. The zero-order chi connectivity index (χ0) is 20.0. The molecule has 0 fully saturated rings. The molecule has 1 N–H and O–H groups in total. The predicted octanol–water partition coefficient (Wildman–Crippen LogP) is 2.73. The Bertz CT molecular complexity index is 817. The number of hydrogen-bond donors (Lipinski definition) is 1. The number of hydrogen-bond acceptors (Lipinski definition) is 5. The third-order valence-corrected chi connectivity index (χ3v) is 5.77. The molecule has 2 rings (SSSR count). The molecule has 7 heteroatoms. The first-order valence-corrected chi connectivity index (χ1v) is 10.4. The van der Waals surface area contributed by atoms with Gasteiger partial charge >= 0.3 is 0 Å². The number of anilines is 1. The van der Waals surface area contributed by atoms with Crippen LogP contribution in [0.5, 0.6) is 5.75 Å².